The van der Waals surface area contributed by atoms with Crippen LogP contribution in [0.15, 0.2) is 4.99 Å². The van der Waals surface area contributed by atoms with Gasteiger partial charge < -0.3 is 25.3 Å². The van der Waals surface area contributed by atoms with Crippen LogP contribution in [0.3, 0.4) is 0 Å². The number of aliphatic imine (C=N–C) groups is 1. The molecule has 0 unspecified atom stereocenters. The Labute approximate surface area is 180 Å². The summed E-state index contributed by atoms with van der Waals surface area (Å²) < 4.78 is 7.53. The molecule has 0 atom stereocenters. The van der Waals surface area contributed by atoms with Gasteiger partial charge in [-0.05, 0) is 53.4 Å². The highest BCUT2D eigenvalue weighted by Gasteiger charge is 2.15. The van der Waals surface area contributed by atoms with Crippen LogP contribution in [0, 0.1) is 0 Å². The van der Waals surface area contributed by atoms with E-state index in [1.165, 1.54) is 19.3 Å². The summed E-state index contributed by atoms with van der Waals surface area (Å²) in [5.41, 5.74) is -0.477. The molecule has 9 nitrogen and oxygen atoms in total. The third-order valence-electron chi connectivity index (χ3n) is 4.67. The minimum atomic E-state index is -0.477. The Morgan fingerprint density at radius 3 is 2.67 bits per heavy atom. The summed E-state index contributed by atoms with van der Waals surface area (Å²) in [7, 11) is 0. The van der Waals surface area contributed by atoms with Gasteiger partial charge in [-0.25, -0.2) is 4.79 Å². The molecule has 0 saturated carbocycles. The Morgan fingerprint density at radius 2 is 1.90 bits per heavy atom. The highest BCUT2D eigenvalue weighted by atomic mass is 16.6. The molecule has 30 heavy (non-hydrogen) atoms. The Balaban J connectivity index is 1.66. The first-order valence-electron chi connectivity index (χ1n) is 11.3. The second kappa shape index (κ2) is 12.4. The summed E-state index contributed by atoms with van der Waals surface area (Å²) in [4.78, 5) is 16.2. The zero-order valence-electron chi connectivity index (χ0n) is 19.1. The largest absolute Gasteiger partial charge is 0.444 e. The maximum absolute atomic E-state index is 11.6. The summed E-state index contributed by atoms with van der Waals surface area (Å²) in [5, 5.41) is 18.2. The van der Waals surface area contributed by atoms with Crippen molar-refractivity contribution >= 4 is 12.1 Å². The van der Waals surface area contributed by atoms with Gasteiger partial charge in [0, 0.05) is 45.6 Å². The van der Waals surface area contributed by atoms with Crippen molar-refractivity contribution in [1.29, 1.82) is 0 Å². The smallest absolute Gasteiger partial charge is 0.407 e. The van der Waals surface area contributed by atoms with Gasteiger partial charge in [0.2, 0.25) is 0 Å². The Hall–Kier alpha value is -2.32. The van der Waals surface area contributed by atoms with E-state index < -0.39 is 5.60 Å². The highest BCUT2D eigenvalue weighted by molar-refractivity contribution is 5.79. The maximum Gasteiger partial charge on any atom is 0.407 e. The van der Waals surface area contributed by atoms with Gasteiger partial charge in [-0.3, -0.25) is 4.99 Å². The number of ether oxygens (including phenoxy) is 1. The normalized spacial score (nSPS) is 14.6. The number of hydrogen-bond donors (Lipinski definition) is 3. The maximum atomic E-state index is 11.6. The number of alkyl carbamates (subject to hydrolysis) is 1. The molecule has 1 aromatic heterocycles. The first-order chi connectivity index (χ1) is 14.4. The standard InChI is InChI=1S/C21H39N7O2/c1-5-22-19(24-14-10-15-25-20(29)30-21(2,3)4)23-13-9-12-18-27-26-17-11-7-6-8-16-28(17)18/h5-16H2,1-4H3,(H,25,29)(H2,22,23,24). The van der Waals surface area contributed by atoms with Gasteiger partial charge in [0.25, 0.3) is 0 Å². The number of aromatic nitrogens is 3. The molecular weight excluding hydrogens is 382 g/mol. The fraction of sp³-hybridized carbons (Fsp3) is 0.810. The lowest BCUT2D eigenvalue weighted by molar-refractivity contribution is 0.0527. The number of amides is 1. The molecule has 3 N–H and O–H groups in total. The molecule has 9 heteroatoms. The van der Waals surface area contributed by atoms with Crippen molar-refractivity contribution in [1.82, 2.24) is 30.7 Å². The van der Waals surface area contributed by atoms with Crippen molar-refractivity contribution in [2.45, 2.75) is 84.8 Å². The van der Waals surface area contributed by atoms with Crippen LogP contribution in [0.5, 0.6) is 0 Å². The van der Waals surface area contributed by atoms with E-state index in [4.69, 9.17) is 4.74 Å². The second-order valence-corrected chi connectivity index (χ2v) is 8.57. The molecule has 1 aromatic rings. The fourth-order valence-corrected chi connectivity index (χ4v) is 3.30. The zero-order chi connectivity index (χ0) is 21.8. The number of nitrogens with zero attached hydrogens (tertiary/aromatic N) is 4. The molecule has 1 aliphatic rings. The number of carbonyl (C=O) groups excluding carboxylic acids is 1. The van der Waals surface area contributed by atoms with E-state index in [1.54, 1.807) is 0 Å². The monoisotopic (exact) mass is 421 g/mol. The minimum Gasteiger partial charge on any atom is -0.444 e. The number of carbonyl (C=O) groups is 1. The van der Waals surface area contributed by atoms with Gasteiger partial charge >= 0.3 is 6.09 Å². The molecule has 0 spiro atoms. The van der Waals surface area contributed by atoms with Crippen LogP contribution in [-0.4, -0.2) is 58.6 Å². The predicted molar refractivity (Wildman–Crippen MR) is 119 cm³/mol. The van der Waals surface area contributed by atoms with Crippen molar-refractivity contribution in [2.24, 2.45) is 4.99 Å². The summed E-state index contributed by atoms with van der Waals surface area (Å²) in [6, 6.07) is 0. The SMILES string of the molecule is CCNC(=NCCCNC(=O)OC(C)(C)C)NCCCc1nnc2n1CCCCC2. The molecule has 0 bridgehead atoms. The second-order valence-electron chi connectivity index (χ2n) is 8.57. The summed E-state index contributed by atoms with van der Waals surface area (Å²) >= 11 is 0. The lowest BCUT2D eigenvalue weighted by Crippen LogP contribution is -2.38. The van der Waals surface area contributed by atoms with Gasteiger partial charge in [0.05, 0.1) is 0 Å². The third kappa shape index (κ3) is 9.00. The summed E-state index contributed by atoms with van der Waals surface area (Å²) in [6.45, 7) is 11.4. The molecule has 0 saturated heterocycles. The molecule has 170 valence electrons. The number of aryl methyl sites for hydroxylation is 2. The Morgan fingerprint density at radius 1 is 1.10 bits per heavy atom. The highest BCUT2D eigenvalue weighted by Crippen LogP contribution is 2.15. The van der Waals surface area contributed by atoms with Crippen LogP contribution in [0.25, 0.3) is 0 Å². The summed E-state index contributed by atoms with van der Waals surface area (Å²) in [6.07, 6.45) is 7.02. The van der Waals surface area contributed by atoms with Crippen LogP contribution in [0.1, 0.15) is 71.4 Å². The number of fused-ring (bicyclic) bond motifs is 1. The van der Waals surface area contributed by atoms with Crippen molar-refractivity contribution < 1.29 is 9.53 Å². The van der Waals surface area contributed by atoms with Crippen LogP contribution in [0.2, 0.25) is 0 Å². The van der Waals surface area contributed by atoms with Crippen molar-refractivity contribution in [3.8, 4) is 0 Å². The Bertz CT molecular complexity index is 679. The van der Waals surface area contributed by atoms with Gasteiger partial charge in [0.1, 0.15) is 17.2 Å². The summed E-state index contributed by atoms with van der Waals surface area (Å²) in [5.74, 6) is 3.05. The number of guanidine groups is 1. The van der Waals surface area contributed by atoms with Gasteiger partial charge in [-0.15, -0.1) is 10.2 Å². The van der Waals surface area contributed by atoms with Crippen LogP contribution >= 0.6 is 0 Å². The first kappa shape index (κ1) is 24.0. The van der Waals surface area contributed by atoms with Crippen LogP contribution in [0.4, 0.5) is 4.79 Å². The quantitative estimate of drug-likeness (QED) is 0.321. The molecule has 0 fully saturated rings. The number of nitrogens with one attached hydrogen (secondary N) is 3. The van der Waals surface area contributed by atoms with Crippen LogP contribution in [-0.2, 0) is 24.1 Å². The van der Waals surface area contributed by atoms with Crippen LogP contribution < -0.4 is 16.0 Å². The minimum absolute atomic E-state index is 0.386. The van der Waals surface area contributed by atoms with E-state index in [9.17, 15) is 4.79 Å². The van der Waals surface area contributed by atoms with E-state index in [2.05, 4.69) is 35.7 Å². The molecule has 0 radical (unpaired) electrons. The molecule has 1 aliphatic heterocycles. The molecule has 0 aliphatic carbocycles. The van der Waals surface area contributed by atoms with E-state index in [-0.39, 0.29) is 6.09 Å². The molecular formula is C21H39N7O2. The van der Waals surface area contributed by atoms with Gasteiger partial charge in [-0.1, -0.05) is 6.42 Å². The topological polar surface area (TPSA) is 105 Å². The lowest BCUT2D eigenvalue weighted by Gasteiger charge is -2.19. The van der Waals surface area contributed by atoms with Crippen molar-refractivity contribution in [2.75, 3.05) is 26.2 Å². The first-order valence-corrected chi connectivity index (χ1v) is 11.3. The van der Waals surface area contributed by atoms with E-state index in [1.807, 2.05) is 27.7 Å². The molecule has 2 heterocycles. The molecule has 2 rings (SSSR count). The fourth-order valence-electron chi connectivity index (χ4n) is 3.30. The average molecular weight is 422 g/mol. The number of rotatable bonds is 9. The molecule has 0 aromatic carbocycles. The van der Waals surface area contributed by atoms with Gasteiger partial charge in [-0.2, -0.15) is 0 Å². The van der Waals surface area contributed by atoms with E-state index in [0.29, 0.717) is 13.1 Å². The van der Waals surface area contributed by atoms with E-state index in [0.717, 1.165) is 62.9 Å². The van der Waals surface area contributed by atoms with Crippen molar-refractivity contribution in [3.63, 3.8) is 0 Å². The predicted octanol–water partition coefficient (Wildman–Crippen LogP) is 2.41. The zero-order valence-corrected chi connectivity index (χ0v) is 19.1. The lowest BCUT2D eigenvalue weighted by atomic mass is 10.2. The van der Waals surface area contributed by atoms with E-state index >= 15 is 0 Å². The molecule has 1 amide bonds. The Kier molecular flexibility index (Phi) is 9.89. The average Bonchev–Trinajstić information content (AvgIpc) is 2.89. The van der Waals surface area contributed by atoms with Gasteiger partial charge in [0.15, 0.2) is 5.96 Å². The van der Waals surface area contributed by atoms with Crippen molar-refractivity contribution in [3.05, 3.63) is 11.6 Å². The number of hydrogen-bond acceptors (Lipinski definition) is 5. The third-order valence-corrected chi connectivity index (χ3v) is 4.67.